The highest BCUT2D eigenvalue weighted by atomic mass is 32.2. The maximum absolute atomic E-state index is 12.8. The zero-order valence-corrected chi connectivity index (χ0v) is 18.6. The summed E-state index contributed by atoms with van der Waals surface area (Å²) < 4.78 is 27.9. The van der Waals surface area contributed by atoms with Gasteiger partial charge in [0, 0.05) is 24.4 Å². The van der Waals surface area contributed by atoms with Gasteiger partial charge in [-0.3, -0.25) is 28.6 Å². The minimum atomic E-state index is -3.93. The Labute approximate surface area is 181 Å². The van der Waals surface area contributed by atoms with Crippen LogP contribution in [0.4, 0.5) is 17.1 Å². The van der Waals surface area contributed by atoms with Crippen molar-refractivity contribution >= 4 is 54.5 Å². The predicted octanol–water partition coefficient (Wildman–Crippen LogP) is 2.78. The number of hydrogen-bond acceptors (Lipinski definition) is 7. The summed E-state index contributed by atoms with van der Waals surface area (Å²) in [5.74, 6) is -0.626. The van der Waals surface area contributed by atoms with Gasteiger partial charge in [-0.05, 0) is 38.1 Å². The van der Waals surface area contributed by atoms with Crippen LogP contribution in [-0.2, 0) is 21.4 Å². The standard InChI is InChI=1S/C19H20N4O6S2/c1-4-21-16-9-8-13(10-17(16)30-19(21)25)20-18(24)12(2)22(31(3,28)29)14-6-5-7-15(11-14)23(26)27/h5-12H,4H2,1-3H3,(H,20,24)/t12-/m0/s1. The molecule has 10 nitrogen and oxygen atoms in total. The number of carbonyl (C=O) groups is 1. The number of nitrogens with one attached hydrogen (secondary N) is 1. The van der Waals surface area contributed by atoms with Crippen molar-refractivity contribution in [2.45, 2.75) is 26.4 Å². The second-order valence-corrected chi connectivity index (χ2v) is 9.65. The van der Waals surface area contributed by atoms with Crippen molar-refractivity contribution < 1.29 is 18.1 Å². The van der Waals surface area contributed by atoms with Gasteiger partial charge in [-0.15, -0.1) is 0 Å². The number of sulfonamides is 1. The number of rotatable bonds is 7. The summed E-state index contributed by atoms with van der Waals surface area (Å²) in [6.45, 7) is 3.77. The van der Waals surface area contributed by atoms with E-state index in [1.807, 2.05) is 6.92 Å². The molecule has 1 N–H and O–H groups in total. The summed E-state index contributed by atoms with van der Waals surface area (Å²) in [5, 5.41) is 13.7. The number of aryl methyl sites for hydroxylation is 1. The third-order valence-corrected chi connectivity index (χ3v) is 6.82. The number of fused-ring (bicyclic) bond motifs is 1. The lowest BCUT2D eigenvalue weighted by Crippen LogP contribution is -2.45. The van der Waals surface area contributed by atoms with E-state index in [9.17, 15) is 28.1 Å². The average molecular weight is 465 g/mol. The van der Waals surface area contributed by atoms with Crippen LogP contribution in [0.3, 0.4) is 0 Å². The fourth-order valence-corrected chi connectivity index (χ4v) is 5.40. The highest BCUT2D eigenvalue weighted by Crippen LogP contribution is 2.26. The first-order valence-electron chi connectivity index (χ1n) is 9.21. The largest absolute Gasteiger partial charge is 0.324 e. The van der Waals surface area contributed by atoms with Gasteiger partial charge in [0.1, 0.15) is 6.04 Å². The van der Waals surface area contributed by atoms with Crippen LogP contribution in [0.25, 0.3) is 10.2 Å². The number of amides is 1. The molecule has 0 radical (unpaired) electrons. The number of thiazole rings is 1. The molecular formula is C19H20N4O6S2. The van der Waals surface area contributed by atoms with Crippen LogP contribution in [0, 0.1) is 10.1 Å². The van der Waals surface area contributed by atoms with Crippen LogP contribution in [0.1, 0.15) is 13.8 Å². The topological polar surface area (TPSA) is 132 Å². The number of benzene rings is 2. The number of nitrogens with zero attached hydrogens (tertiary/aromatic N) is 3. The van der Waals surface area contributed by atoms with E-state index in [0.717, 1.165) is 33.5 Å². The van der Waals surface area contributed by atoms with Gasteiger partial charge in [0.15, 0.2) is 0 Å². The Hall–Kier alpha value is -3.25. The molecule has 3 aromatic rings. The Bertz CT molecular complexity index is 1330. The van der Waals surface area contributed by atoms with E-state index in [4.69, 9.17) is 0 Å². The summed E-state index contributed by atoms with van der Waals surface area (Å²) in [6.07, 6.45) is 0.923. The maximum Gasteiger partial charge on any atom is 0.308 e. The summed E-state index contributed by atoms with van der Waals surface area (Å²) in [4.78, 5) is 35.2. The molecule has 164 valence electrons. The van der Waals surface area contributed by atoms with Crippen LogP contribution in [-0.4, -0.2) is 36.1 Å². The van der Waals surface area contributed by atoms with Gasteiger partial charge in [-0.25, -0.2) is 8.42 Å². The summed E-state index contributed by atoms with van der Waals surface area (Å²) in [7, 11) is -3.93. The zero-order valence-electron chi connectivity index (χ0n) is 16.9. The number of hydrogen-bond donors (Lipinski definition) is 1. The van der Waals surface area contributed by atoms with Crippen LogP contribution in [0.2, 0.25) is 0 Å². The Balaban J connectivity index is 1.92. The zero-order chi connectivity index (χ0) is 22.9. The first-order chi connectivity index (χ1) is 14.5. The van der Waals surface area contributed by atoms with E-state index in [1.165, 1.54) is 25.1 Å². The Kier molecular flexibility index (Phi) is 6.13. The Morgan fingerprint density at radius 1 is 1.29 bits per heavy atom. The molecule has 0 saturated carbocycles. The lowest BCUT2D eigenvalue weighted by atomic mass is 10.2. The molecule has 0 aliphatic rings. The smallest absolute Gasteiger partial charge is 0.308 e. The van der Waals surface area contributed by atoms with Gasteiger partial charge in [0.05, 0.1) is 27.1 Å². The number of nitro benzene ring substituents is 1. The quantitative estimate of drug-likeness (QED) is 0.422. The molecule has 0 unspecified atom stereocenters. The SMILES string of the molecule is CCn1c(=O)sc2cc(NC(=O)[C@H](C)N(c3cccc([N+](=O)[O-])c3)S(C)(=O)=O)ccc21. The van der Waals surface area contributed by atoms with E-state index in [-0.39, 0.29) is 16.2 Å². The number of anilines is 2. The fraction of sp³-hybridized carbons (Fsp3) is 0.263. The molecule has 2 aromatic carbocycles. The minimum Gasteiger partial charge on any atom is -0.324 e. The fourth-order valence-electron chi connectivity index (χ4n) is 3.24. The van der Waals surface area contributed by atoms with Gasteiger partial charge in [0.2, 0.25) is 15.9 Å². The van der Waals surface area contributed by atoms with Crippen molar-refractivity contribution in [1.29, 1.82) is 0 Å². The highest BCUT2D eigenvalue weighted by Gasteiger charge is 2.30. The van der Waals surface area contributed by atoms with E-state index in [2.05, 4.69) is 5.32 Å². The van der Waals surface area contributed by atoms with Gasteiger partial charge in [-0.2, -0.15) is 0 Å². The molecule has 0 bridgehead atoms. The van der Waals surface area contributed by atoms with Crippen LogP contribution in [0.15, 0.2) is 47.3 Å². The lowest BCUT2D eigenvalue weighted by Gasteiger charge is -2.28. The van der Waals surface area contributed by atoms with Crippen LogP contribution < -0.4 is 14.5 Å². The number of carbonyl (C=O) groups excluding carboxylic acids is 1. The van der Waals surface area contributed by atoms with E-state index >= 15 is 0 Å². The first kappa shape index (κ1) is 22.4. The number of aromatic nitrogens is 1. The first-order valence-corrected chi connectivity index (χ1v) is 11.9. The Morgan fingerprint density at radius 2 is 2.00 bits per heavy atom. The second-order valence-electron chi connectivity index (χ2n) is 6.80. The molecule has 0 saturated heterocycles. The summed E-state index contributed by atoms with van der Waals surface area (Å²) >= 11 is 1.05. The Morgan fingerprint density at radius 3 is 2.61 bits per heavy atom. The predicted molar refractivity (Wildman–Crippen MR) is 120 cm³/mol. The average Bonchev–Trinajstić information content (AvgIpc) is 3.01. The molecule has 12 heteroatoms. The molecule has 3 rings (SSSR count). The molecule has 1 heterocycles. The van der Waals surface area contributed by atoms with E-state index in [0.29, 0.717) is 16.9 Å². The van der Waals surface area contributed by atoms with E-state index < -0.39 is 26.9 Å². The summed E-state index contributed by atoms with van der Waals surface area (Å²) in [5.41, 5.74) is 0.867. The number of nitro groups is 1. The van der Waals surface area contributed by atoms with E-state index in [1.54, 1.807) is 22.8 Å². The molecule has 1 aromatic heterocycles. The molecule has 31 heavy (non-hydrogen) atoms. The molecule has 0 aliphatic carbocycles. The van der Waals surface area contributed by atoms with Gasteiger partial charge in [0.25, 0.3) is 5.69 Å². The molecule has 1 amide bonds. The number of non-ortho nitro benzene ring substituents is 1. The minimum absolute atomic E-state index is 0.00745. The van der Waals surface area contributed by atoms with Gasteiger partial charge < -0.3 is 5.32 Å². The molecule has 0 fully saturated rings. The van der Waals surface area contributed by atoms with Crippen molar-refractivity contribution in [1.82, 2.24) is 4.57 Å². The van der Waals surface area contributed by atoms with Crippen LogP contribution in [0.5, 0.6) is 0 Å². The van der Waals surface area contributed by atoms with Crippen molar-refractivity contribution in [2.75, 3.05) is 15.9 Å². The molecule has 0 spiro atoms. The third kappa shape index (κ3) is 4.59. The van der Waals surface area contributed by atoms with Gasteiger partial charge in [-0.1, -0.05) is 17.4 Å². The molecule has 0 aliphatic heterocycles. The van der Waals surface area contributed by atoms with Crippen LogP contribution >= 0.6 is 11.3 Å². The normalized spacial score (nSPS) is 12.5. The van der Waals surface area contributed by atoms with Gasteiger partial charge >= 0.3 is 4.87 Å². The highest BCUT2D eigenvalue weighted by molar-refractivity contribution is 7.92. The molecule has 1 atom stereocenters. The molecular weight excluding hydrogens is 444 g/mol. The van der Waals surface area contributed by atoms with Crippen molar-refractivity contribution in [3.8, 4) is 0 Å². The lowest BCUT2D eigenvalue weighted by molar-refractivity contribution is -0.384. The maximum atomic E-state index is 12.8. The monoisotopic (exact) mass is 464 g/mol. The second kappa shape index (κ2) is 8.47. The van der Waals surface area contributed by atoms with Crippen molar-refractivity contribution in [3.05, 3.63) is 62.2 Å². The third-order valence-electron chi connectivity index (χ3n) is 4.64. The summed E-state index contributed by atoms with van der Waals surface area (Å²) in [6, 6.07) is 8.87. The van der Waals surface area contributed by atoms with Crippen molar-refractivity contribution in [3.63, 3.8) is 0 Å². The van der Waals surface area contributed by atoms with Crippen molar-refractivity contribution in [2.24, 2.45) is 0 Å².